The molecule has 1 fully saturated rings. The van der Waals surface area contributed by atoms with Crippen LogP contribution in [-0.4, -0.2) is 6.04 Å². The van der Waals surface area contributed by atoms with E-state index in [-0.39, 0.29) is 0 Å². The fourth-order valence-corrected chi connectivity index (χ4v) is 3.07. The fourth-order valence-electron chi connectivity index (χ4n) is 2.21. The summed E-state index contributed by atoms with van der Waals surface area (Å²) in [5.41, 5.74) is 1.44. The summed E-state index contributed by atoms with van der Waals surface area (Å²) in [5, 5.41) is 5.85. The van der Waals surface area contributed by atoms with Crippen molar-refractivity contribution in [1.82, 2.24) is 5.32 Å². The highest BCUT2D eigenvalue weighted by Gasteiger charge is 2.20. The van der Waals surface area contributed by atoms with Crippen LogP contribution in [0.3, 0.4) is 0 Å². The van der Waals surface area contributed by atoms with Crippen LogP contribution >= 0.6 is 11.3 Å². The predicted molar refractivity (Wildman–Crippen MR) is 62.7 cm³/mol. The topological polar surface area (TPSA) is 12.0 Å². The average Bonchev–Trinajstić information content (AvgIpc) is 2.72. The second kappa shape index (κ2) is 4.45. The molecule has 1 saturated carbocycles. The Hall–Kier alpha value is -0.340. The fraction of sp³-hybridized carbons (Fsp3) is 0.667. The average molecular weight is 209 g/mol. The van der Waals surface area contributed by atoms with Gasteiger partial charge in [0.05, 0.1) is 0 Å². The number of hydrogen-bond acceptors (Lipinski definition) is 2. The molecule has 0 aromatic carbocycles. The van der Waals surface area contributed by atoms with Crippen LogP contribution in [0.1, 0.15) is 36.6 Å². The van der Waals surface area contributed by atoms with Crippen LogP contribution in [0.5, 0.6) is 0 Å². The van der Waals surface area contributed by atoms with E-state index in [1.807, 2.05) is 11.3 Å². The number of rotatable bonds is 3. The first-order valence-corrected chi connectivity index (χ1v) is 6.40. The minimum Gasteiger partial charge on any atom is -0.309 e. The van der Waals surface area contributed by atoms with Crippen molar-refractivity contribution in [1.29, 1.82) is 0 Å². The van der Waals surface area contributed by atoms with E-state index in [2.05, 4.69) is 30.6 Å². The zero-order valence-corrected chi connectivity index (χ0v) is 9.86. The highest BCUT2D eigenvalue weighted by Crippen LogP contribution is 2.25. The van der Waals surface area contributed by atoms with Gasteiger partial charge < -0.3 is 5.32 Å². The Morgan fingerprint density at radius 1 is 1.50 bits per heavy atom. The van der Waals surface area contributed by atoms with Gasteiger partial charge in [-0.15, -0.1) is 11.3 Å². The normalized spacial score (nSPS) is 27.0. The molecule has 0 aliphatic heterocycles. The maximum atomic E-state index is 3.67. The molecule has 1 heterocycles. The second-order valence-electron chi connectivity index (χ2n) is 4.52. The monoisotopic (exact) mass is 209 g/mol. The van der Waals surface area contributed by atoms with Crippen LogP contribution in [0.4, 0.5) is 0 Å². The van der Waals surface area contributed by atoms with Crippen molar-refractivity contribution in [3.63, 3.8) is 0 Å². The molecule has 1 aliphatic carbocycles. The van der Waals surface area contributed by atoms with E-state index in [4.69, 9.17) is 0 Å². The summed E-state index contributed by atoms with van der Waals surface area (Å²) in [5.74, 6) is 0.928. The summed E-state index contributed by atoms with van der Waals surface area (Å²) in [6.07, 6.45) is 4.14. The molecule has 2 unspecified atom stereocenters. The summed E-state index contributed by atoms with van der Waals surface area (Å²) < 4.78 is 0. The Morgan fingerprint density at radius 3 is 2.93 bits per heavy atom. The van der Waals surface area contributed by atoms with E-state index in [9.17, 15) is 0 Å². The van der Waals surface area contributed by atoms with Gasteiger partial charge in [-0.05, 0) is 49.1 Å². The first kappa shape index (κ1) is 10.2. The molecule has 78 valence electrons. The molecule has 0 amide bonds. The molecule has 0 bridgehead atoms. The van der Waals surface area contributed by atoms with Gasteiger partial charge in [0.2, 0.25) is 0 Å². The molecule has 1 aromatic heterocycles. The van der Waals surface area contributed by atoms with Gasteiger partial charge in [-0.25, -0.2) is 0 Å². The van der Waals surface area contributed by atoms with Crippen LogP contribution in [0.15, 0.2) is 11.4 Å². The van der Waals surface area contributed by atoms with Crippen molar-refractivity contribution in [2.75, 3.05) is 0 Å². The summed E-state index contributed by atoms with van der Waals surface area (Å²) in [7, 11) is 0. The van der Waals surface area contributed by atoms with Crippen LogP contribution in [-0.2, 0) is 6.54 Å². The van der Waals surface area contributed by atoms with Crippen LogP contribution in [0.2, 0.25) is 0 Å². The summed E-state index contributed by atoms with van der Waals surface area (Å²) in [4.78, 5) is 1.50. The molecule has 1 aromatic rings. The number of nitrogens with one attached hydrogen (secondary N) is 1. The standard InChI is InChI=1S/C12H19NS/c1-9-3-4-11(7-9)13-8-12-10(2)5-6-14-12/h5-6,9,11,13H,3-4,7-8H2,1-2H3. The summed E-state index contributed by atoms with van der Waals surface area (Å²) >= 11 is 1.87. The highest BCUT2D eigenvalue weighted by molar-refractivity contribution is 7.10. The molecular weight excluding hydrogens is 190 g/mol. The lowest BCUT2D eigenvalue weighted by atomic mass is 10.1. The number of thiophene rings is 1. The maximum Gasteiger partial charge on any atom is 0.0304 e. The van der Waals surface area contributed by atoms with Gasteiger partial charge in [0, 0.05) is 17.5 Å². The van der Waals surface area contributed by atoms with Gasteiger partial charge in [-0.2, -0.15) is 0 Å². The van der Waals surface area contributed by atoms with Gasteiger partial charge in [0.25, 0.3) is 0 Å². The van der Waals surface area contributed by atoms with E-state index >= 15 is 0 Å². The van der Waals surface area contributed by atoms with Crippen LogP contribution < -0.4 is 5.32 Å². The summed E-state index contributed by atoms with van der Waals surface area (Å²) in [6, 6.07) is 2.98. The Labute approximate surface area is 90.5 Å². The van der Waals surface area contributed by atoms with E-state index < -0.39 is 0 Å². The molecule has 1 aliphatic rings. The summed E-state index contributed by atoms with van der Waals surface area (Å²) in [6.45, 7) is 5.63. The zero-order valence-electron chi connectivity index (χ0n) is 9.05. The number of aryl methyl sites for hydroxylation is 1. The van der Waals surface area contributed by atoms with Gasteiger partial charge in [-0.1, -0.05) is 6.92 Å². The lowest BCUT2D eigenvalue weighted by molar-refractivity contribution is 0.504. The van der Waals surface area contributed by atoms with E-state index in [1.165, 1.54) is 29.7 Å². The van der Waals surface area contributed by atoms with Crippen LogP contribution in [0, 0.1) is 12.8 Å². The molecule has 0 spiro atoms. The van der Waals surface area contributed by atoms with E-state index in [0.717, 1.165) is 18.5 Å². The van der Waals surface area contributed by atoms with Crippen molar-refractivity contribution < 1.29 is 0 Å². The second-order valence-corrected chi connectivity index (χ2v) is 5.52. The lowest BCUT2D eigenvalue weighted by Crippen LogP contribution is -2.25. The van der Waals surface area contributed by atoms with Gasteiger partial charge in [-0.3, -0.25) is 0 Å². The molecule has 2 atom stereocenters. The quantitative estimate of drug-likeness (QED) is 0.805. The lowest BCUT2D eigenvalue weighted by Gasteiger charge is -2.11. The van der Waals surface area contributed by atoms with Crippen molar-refractivity contribution in [2.24, 2.45) is 5.92 Å². The Balaban J connectivity index is 1.80. The Bertz CT molecular complexity index is 292. The predicted octanol–water partition coefficient (Wildman–Crippen LogP) is 3.33. The molecule has 0 radical (unpaired) electrons. The molecule has 14 heavy (non-hydrogen) atoms. The first-order valence-electron chi connectivity index (χ1n) is 5.52. The van der Waals surface area contributed by atoms with E-state index in [0.29, 0.717) is 0 Å². The van der Waals surface area contributed by atoms with Crippen LogP contribution in [0.25, 0.3) is 0 Å². The Morgan fingerprint density at radius 2 is 2.36 bits per heavy atom. The van der Waals surface area contributed by atoms with Crippen molar-refractivity contribution >= 4 is 11.3 Å². The molecule has 2 rings (SSSR count). The third kappa shape index (κ3) is 2.37. The molecular formula is C12H19NS. The van der Waals surface area contributed by atoms with Gasteiger partial charge in [0.1, 0.15) is 0 Å². The minimum absolute atomic E-state index is 0.770. The van der Waals surface area contributed by atoms with Crippen molar-refractivity contribution in [2.45, 2.75) is 45.7 Å². The highest BCUT2D eigenvalue weighted by atomic mass is 32.1. The maximum absolute atomic E-state index is 3.67. The third-order valence-corrected chi connectivity index (χ3v) is 4.24. The van der Waals surface area contributed by atoms with Crippen molar-refractivity contribution in [3.8, 4) is 0 Å². The molecule has 1 nitrogen and oxygen atoms in total. The zero-order chi connectivity index (χ0) is 9.97. The SMILES string of the molecule is Cc1ccsc1CNC1CCC(C)C1. The Kier molecular flexibility index (Phi) is 3.24. The smallest absolute Gasteiger partial charge is 0.0304 e. The molecule has 0 saturated heterocycles. The first-order chi connectivity index (χ1) is 6.75. The van der Waals surface area contributed by atoms with E-state index in [1.54, 1.807) is 0 Å². The largest absolute Gasteiger partial charge is 0.309 e. The molecule has 1 N–H and O–H groups in total. The third-order valence-electron chi connectivity index (χ3n) is 3.21. The van der Waals surface area contributed by atoms with Gasteiger partial charge >= 0.3 is 0 Å². The van der Waals surface area contributed by atoms with Crippen molar-refractivity contribution in [3.05, 3.63) is 21.9 Å². The molecule has 2 heteroatoms. The van der Waals surface area contributed by atoms with Gasteiger partial charge in [0.15, 0.2) is 0 Å². The number of hydrogen-bond donors (Lipinski definition) is 1. The minimum atomic E-state index is 0.770.